The predicted molar refractivity (Wildman–Crippen MR) is 381 cm³/mol. The lowest BCUT2D eigenvalue weighted by molar-refractivity contribution is 0.127. The maximum absolute atomic E-state index is 13.2. The molecular formula is C66H88Cl4N4O20S5. The van der Waals surface area contributed by atoms with Gasteiger partial charge < -0.3 is 57.6 Å². The maximum Gasteiger partial charge on any atom is 0.264 e. The predicted octanol–water partition coefficient (Wildman–Crippen LogP) is 12.8. The van der Waals surface area contributed by atoms with Crippen LogP contribution in [0.1, 0.15) is 132 Å². The van der Waals surface area contributed by atoms with Gasteiger partial charge in [-0.25, -0.2) is 40.2 Å². The summed E-state index contributed by atoms with van der Waals surface area (Å²) in [6.07, 6.45) is 4.42. The fourth-order valence-electron chi connectivity index (χ4n) is 10.5. The summed E-state index contributed by atoms with van der Waals surface area (Å²) in [5, 5.41) is 19.3. The van der Waals surface area contributed by atoms with Crippen molar-refractivity contribution in [3.63, 3.8) is 0 Å². The highest BCUT2D eigenvalue weighted by Crippen LogP contribution is 2.45. The number of anilines is 1. The summed E-state index contributed by atoms with van der Waals surface area (Å²) in [4.78, 5) is 14.2. The summed E-state index contributed by atoms with van der Waals surface area (Å²) in [6.45, 7) is 26.8. The summed E-state index contributed by atoms with van der Waals surface area (Å²) in [7, 11) is -14.4. The monoisotopic (exact) mass is 1560 g/mol. The Hall–Kier alpha value is -4.12. The van der Waals surface area contributed by atoms with E-state index in [9.17, 15) is 38.8 Å². The average molecular weight is 1560 g/mol. The molecule has 550 valence electrons. The zero-order valence-electron chi connectivity index (χ0n) is 57.4. The minimum atomic E-state index is -3.81. The third kappa shape index (κ3) is 19.3. The van der Waals surface area contributed by atoms with Gasteiger partial charge in [-0.15, -0.1) is 11.8 Å². The molecule has 0 saturated carbocycles. The van der Waals surface area contributed by atoms with Gasteiger partial charge in [0.25, 0.3) is 10.1 Å². The van der Waals surface area contributed by atoms with E-state index < -0.39 is 60.1 Å². The van der Waals surface area contributed by atoms with Crippen LogP contribution in [0.2, 0.25) is 20.1 Å². The maximum atomic E-state index is 13.2. The second-order valence-electron chi connectivity index (χ2n) is 28.2. The Kier molecular flexibility index (Phi) is 26.1. The van der Waals surface area contributed by atoms with Crippen molar-refractivity contribution in [1.82, 2.24) is 15.0 Å². The van der Waals surface area contributed by atoms with Crippen molar-refractivity contribution >= 4 is 137 Å². The van der Waals surface area contributed by atoms with Gasteiger partial charge in [0.1, 0.15) is 37.3 Å². The van der Waals surface area contributed by atoms with Gasteiger partial charge in [-0.05, 0) is 94.5 Å². The molecule has 6 fully saturated rings. The summed E-state index contributed by atoms with van der Waals surface area (Å²) < 4.78 is 149. The largest absolute Gasteiger partial charge is 0.504 e. The van der Waals surface area contributed by atoms with Gasteiger partial charge in [-0.2, -0.15) is 8.42 Å². The van der Waals surface area contributed by atoms with Crippen molar-refractivity contribution in [1.29, 1.82) is 0 Å². The second-order valence-corrected chi connectivity index (χ2v) is 39.8. The van der Waals surface area contributed by atoms with Gasteiger partial charge in [0, 0.05) is 67.6 Å². The Morgan fingerprint density at radius 2 is 0.949 bits per heavy atom. The number of sulfone groups is 3. The molecule has 3 aromatic heterocycles. The van der Waals surface area contributed by atoms with Gasteiger partial charge in [-0.1, -0.05) is 109 Å². The molecule has 7 aromatic rings. The number of nitrogens with zero attached hydrogens (tertiary/aromatic N) is 3. The molecule has 0 amide bonds. The molecule has 0 bridgehead atoms. The molecule has 4 N–H and O–H groups in total. The van der Waals surface area contributed by atoms with E-state index in [1.165, 1.54) is 12.1 Å². The third-order valence-corrected chi connectivity index (χ3v) is 27.6. The van der Waals surface area contributed by atoms with E-state index in [1.807, 2.05) is 53.7 Å². The number of nitrogens with two attached hydrogens (primary N) is 1. The summed E-state index contributed by atoms with van der Waals surface area (Å²) in [6, 6.07) is 13.0. The van der Waals surface area contributed by atoms with Crippen molar-refractivity contribution in [2.45, 2.75) is 183 Å². The summed E-state index contributed by atoms with van der Waals surface area (Å²) in [5.74, 6) is 1.23. The van der Waals surface area contributed by atoms with Crippen molar-refractivity contribution in [2.24, 2.45) is 0 Å². The number of aromatic hydroxyl groups is 1. The molecule has 0 aliphatic carbocycles. The number of aromatic nitrogens is 3. The number of thioether (sulfide) groups is 1. The average Bonchev–Trinajstić information content (AvgIpc) is 1.70. The van der Waals surface area contributed by atoms with E-state index in [0.29, 0.717) is 93.4 Å². The molecule has 0 spiro atoms. The Balaban J connectivity index is 0.000000157. The highest BCUT2D eigenvalue weighted by atomic mass is 35.5. The van der Waals surface area contributed by atoms with Crippen LogP contribution in [-0.4, -0.2) is 177 Å². The number of nitrogen functional groups attached to an aromatic ring is 1. The number of halogens is 4. The van der Waals surface area contributed by atoms with Crippen LogP contribution >= 0.6 is 58.2 Å². The van der Waals surface area contributed by atoms with Crippen LogP contribution in [-0.2, 0) is 88.5 Å². The first-order valence-corrected chi connectivity index (χ1v) is 40.7. The summed E-state index contributed by atoms with van der Waals surface area (Å²) in [5.41, 5.74) is 7.92. The Bertz CT molecular complexity index is 4430. The van der Waals surface area contributed by atoms with Crippen molar-refractivity contribution in [2.75, 3.05) is 91.3 Å². The van der Waals surface area contributed by atoms with Crippen molar-refractivity contribution in [3.8, 4) is 5.75 Å². The zero-order valence-corrected chi connectivity index (χ0v) is 64.5. The van der Waals surface area contributed by atoms with E-state index >= 15 is 0 Å². The molecule has 6 unspecified atom stereocenters. The topological polar surface area (TPSA) is 346 Å². The minimum absolute atomic E-state index is 0.0134. The van der Waals surface area contributed by atoms with Crippen LogP contribution in [0.5, 0.6) is 5.75 Å². The number of aliphatic hydroxyl groups is 1. The molecule has 6 atom stereocenters. The first kappa shape index (κ1) is 80.6. The third-order valence-electron chi connectivity index (χ3n) is 16.5. The van der Waals surface area contributed by atoms with E-state index in [4.69, 9.17) is 98.9 Å². The number of phenols is 1. The molecule has 99 heavy (non-hydrogen) atoms. The Morgan fingerprint density at radius 1 is 0.525 bits per heavy atom. The number of ether oxygens (including phenoxy) is 6. The molecule has 9 heterocycles. The fourth-order valence-corrected chi connectivity index (χ4v) is 19.3. The smallest absolute Gasteiger partial charge is 0.264 e. The lowest BCUT2D eigenvalue weighted by atomic mass is 9.97. The normalized spacial score (nSPS) is 23.0. The SMILES string of the molecule is CC(C)(C)c1nc2ccc(Cl)c(S(=O)(=O)C3(C)CCOC3)c2o1.CC(C)(C)c1nc2ccc(Cl)c(S(=O)(=O)C3CCOC3)c2o1.CC(C)(C)c1nc2ccc(Cl)c(SC3CCOC3)c2o1.CC1(S(=O)(=O)c2c(Cl)ccc(N)c2O)CCOC1.CS(=O)(=O)OC1CCOC1.OC1CCOC1. The number of hydrogen-bond acceptors (Lipinski definition) is 25. The van der Waals surface area contributed by atoms with Crippen LogP contribution in [0.25, 0.3) is 33.3 Å². The van der Waals surface area contributed by atoms with E-state index in [0.717, 1.165) is 65.8 Å². The minimum Gasteiger partial charge on any atom is -0.504 e. The number of oxazole rings is 3. The highest BCUT2D eigenvalue weighted by molar-refractivity contribution is 8.00. The number of rotatable bonds is 10. The molecule has 13 rings (SSSR count). The van der Waals surface area contributed by atoms with E-state index in [1.54, 1.807) is 49.9 Å². The zero-order chi connectivity index (χ0) is 73.1. The number of phenolic OH excluding ortho intramolecular Hbond substituents is 1. The number of aliphatic hydroxyl groups excluding tert-OH is 1. The van der Waals surface area contributed by atoms with Gasteiger partial charge >= 0.3 is 0 Å². The molecule has 6 aliphatic rings. The molecule has 33 heteroatoms. The first-order chi connectivity index (χ1) is 46.0. The van der Waals surface area contributed by atoms with Gasteiger partial charge in [-0.3, -0.25) is 4.18 Å². The summed E-state index contributed by atoms with van der Waals surface area (Å²) >= 11 is 26.4. The fraction of sp³-hybridized carbons (Fsp3) is 0.591. The van der Waals surface area contributed by atoms with E-state index in [-0.39, 0.29) is 94.9 Å². The van der Waals surface area contributed by atoms with E-state index in [2.05, 4.69) is 39.9 Å². The van der Waals surface area contributed by atoms with Crippen molar-refractivity contribution < 1.29 is 89.7 Å². The molecule has 6 saturated heterocycles. The highest BCUT2D eigenvalue weighted by Gasteiger charge is 2.48. The van der Waals surface area contributed by atoms with Gasteiger partial charge in [0.05, 0.1) is 97.4 Å². The second kappa shape index (κ2) is 32.1. The quantitative estimate of drug-likeness (QED) is 0.0650. The molecule has 24 nitrogen and oxygen atoms in total. The number of hydrogen-bond donors (Lipinski definition) is 3. The molecule has 6 aliphatic heterocycles. The molecule has 4 aromatic carbocycles. The molecular weight excluding hydrogens is 1470 g/mol. The lowest BCUT2D eigenvalue weighted by Crippen LogP contribution is -2.36. The lowest BCUT2D eigenvalue weighted by Gasteiger charge is -2.23. The van der Waals surface area contributed by atoms with Gasteiger partial charge in [0.2, 0.25) is 17.7 Å². The standard InChI is InChI=1S/C16H20ClNO4S.C15H18ClNO4S.C15H18ClNO2S.C11H14ClNO4S.C5H10O4S.C4H8O2/c1-15(2,3)14-18-11-6-5-10(17)13(12(11)22-14)23(19,20)16(4)7-8-21-9-16;1-15(2,3)14-17-11-5-4-10(16)13(12(11)21-14)22(18,19)9-6-7-20-8-9;1-15(2,3)14-17-11-5-4-10(16)13(12(11)19-14)20-9-6-7-18-8-9;1-11(4-5-17-6-11)18(15,16)10-7(12)2-3-8(13)9(10)14;1-10(6,7)9-5-2-3-8-4-5;5-4-1-2-6-3-4/h5-6H,7-9H2,1-4H3;4-5,9H,6-8H2,1-3H3;4-5,9H,6-8H2,1-3H3;2-3,14H,4-6,13H2,1H3;5H,2-4H2,1H3;4-5H,1-3H2. The van der Waals surface area contributed by atoms with Crippen LogP contribution in [0.3, 0.4) is 0 Å². The van der Waals surface area contributed by atoms with Crippen LogP contribution in [0.15, 0.2) is 81.4 Å². The van der Waals surface area contributed by atoms with Crippen LogP contribution in [0, 0.1) is 0 Å². The van der Waals surface area contributed by atoms with Gasteiger partial charge in [0.15, 0.2) is 52.0 Å². The molecule has 0 radical (unpaired) electrons. The van der Waals surface area contributed by atoms with Crippen molar-refractivity contribution in [3.05, 3.63) is 86.3 Å². The van der Waals surface area contributed by atoms with Crippen LogP contribution < -0.4 is 5.73 Å². The Labute approximate surface area is 603 Å². The number of benzene rings is 4. The first-order valence-electron chi connectivity index (χ1n) is 32.0. The number of fused-ring (bicyclic) bond motifs is 3. The van der Waals surface area contributed by atoms with Crippen LogP contribution in [0.4, 0.5) is 5.69 Å². The Morgan fingerprint density at radius 3 is 1.37 bits per heavy atom.